The average Bonchev–Trinajstić information content (AvgIpc) is 1.61. The second kappa shape index (κ2) is 4.39. The van der Waals surface area contributed by atoms with E-state index in [-0.39, 0.29) is 15.7 Å². The zero-order valence-electron chi connectivity index (χ0n) is 6.44. The summed E-state index contributed by atoms with van der Waals surface area (Å²) >= 11 is -0.249. The summed E-state index contributed by atoms with van der Waals surface area (Å²) < 4.78 is 2.41. The van der Waals surface area contributed by atoms with Crippen molar-refractivity contribution >= 4 is 15.7 Å². The summed E-state index contributed by atoms with van der Waals surface area (Å²) in [4.78, 5) is 0. The summed E-state index contributed by atoms with van der Waals surface area (Å²) in [5.41, 5.74) is 0. The first-order chi connectivity index (χ1) is 3.63. The van der Waals surface area contributed by atoms with Gasteiger partial charge in [-0.2, -0.15) is 0 Å². The fraction of sp³-hybridized carbons (Fsp3) is 1.00. The molecule has 0 N–H and O–H groups in total. The van der Waals surface area contributed by atoms with E-state index >= 15 is 0 Å². The summed E-state index contributed by atoms with van der Waals surface area (Å²) in [6, 6.07) is 0. The third-order valence-electron chi connectivity index (χ3n) is 1.15. The molecule has 0 bridgehead atoms. The van der Waals surface area contributed by atoms with Gasteiger partial charge in [-0.05, 0) is 0 Å². The summed E-state index contributed by atoms with van der Waals surface area (Å²) in [6.07, 6.45) is 0. The van der Waals surface area contributed by atoms with Gasteiger partial charge in [0, 0.05) is 0 Å². The Balaban J connectivity index is 2.93. The fourth-order valence-electron chi connectivity index (χ4n) is 0.516. The minimum atomic E-state index is -0.249. The van der Waals surface area contributed by atoms with E-state index in [0.717, 1.165) is 5.92 Å². The topological polar surface area (TPSA) is 3.24 Å². The molecule has 0 atom stereocenters. The molecule has 0 saturated carbocycles. The zero-order chi connectivity index (χ0) is 6.57. The third kappa shape index (κ3) is 6.50. The van der Waals surface area contributed by atoms with Gasteiger partial charge in [0.1, 0.15) is 0 Å². The molecule has 0 aromatic carbocycles. The molecule has 0 rings (SSSR count). The van der Waals surface area contributed by atoms with Crippen molar-refractivity contribution in [2.75, 3.05) is 14.1 Å². The molecule has 50 valence electrons. The van der Waals surface area contributed by atoms with Crippen molar-refractivity contribution in [1.29, 1.82) is 0 Å². The summed E-state index contributed by atoms with van der Waals surface area (Å²) in [5.74, 6) is 0.928. The predicted octanol–water partition coefficient (Wildman–Crippen LogP) is 0.706. The molecule has 0 aliphatic heterocycles. The molecule has 0 spiro atoms. The molecular formula is C6H17GeN. The predicted molar refractivity (Wildman–Crippen MR) is 41.9 cm³/mol. The van der Waals surface area contributed by atoms with Gasteiger partial charge in [-0.1, -0.05) is 0 Å². The van der Waals surface area contributed by atoms with Crippen LogP contribution in [-0.4, -0.2) is 33.6 Å². The van der Waals surface area contributed by atoms with E-state index < -0.39 is 0 Å². The van der Waals surface area contributed by atoms with Crippen LogP contribution in [0.2, 0.25) is 5.25 Å². The molecule has 0 aliphatic carbocycles. The van der Waals surface area contributed by atoms with Crippen LogP contribution < -0.4 is 0 Å². The van der Waals surface area contributed by atoms with E-state index in [1.807, 2.05) is 0 Å². The normalized spacial score (nSPS) is 12.8. The molecule has 2 heteroatoms. The molecule has 0 unspecified atom stereocenters. The van der Waals surface area contributed by atoms with Crippen molar-refractivity contribution in [2.24, 2.45) is 5.92 Å². The van der Waals surface area contributed by atoms with Gasteiger partial charge in [0.25, 0.3) is 0 Å². The van der Waals surface area contributed by atoms with E-state index in [4.69, 9.17) is 0 Å². The van der Waals surface area contributed by atoms with E-state index in [1.54, 1.807) is 0 Å². The molecular weight excluding hydrogens is 159 g/mol. The van der Waals surface area contributed by atoms with Crippen LogP contribution in [-0.2, 0) is 0 Å². The standard InChI is InChI=1S/C6H17GeN/c1-6(2)5-7-8(3)4/h6H,5,7H2,1-4H3. The van der Waals surface area contributed by atoms with Crippen LogP contribution in [0.25, 0.3) is 0 Å². The van der Waals surface area contributed by atoms with Gasteiger partial charge in [-0.25, -0.2) is 0 Å². The summed E-state index contributed by atoms with van der Waals surface area (Å²) in [5, 5.41) is 1.50. The van der Waals surface area contributed by atoms with Gasteiger partial charge in [0.15, 0.2) is 0 Å². The second-order valence-electron chi connectivity index (χ2n) is 2.99. The van der Waals surface area contributed by atoms with Gasteiger partial charge >= 0.3 is 58.6 Å². The molecule has 8 heavy (non-hydrogen) atoms. The number of hydrogen-bond acceptors (Lipinski definition) is 1. The van der Waals surface area contributed by atoms with Crippen molar-refractivity contribution in [3.05, 3.63) is 0 Å². The first-order valence-corrected chi connectivity index (χ1v) is 6.70. The zero-order valence-corrected chi connectivity index (χ0v) is 9.41. The molecule has 0 aromatic rings. The van der Waals surface area contributed by atoms with Crippen molar-refractivity contribution in [3.8, 4) is 0 Å². The van der Waals surface area contributed by atoms with Gasteiger partial charge in [-0.3, -0.25) is 0 Å². The molecule has 0 amide bonds. The summed E-state index contributed by atoms with van der Waals surface area (Å²) in [6.45, 7) is 4.60. The van der Waals surface area contributed by atoms with E-state index in [0.29, 0.717) is 0 Å². The van der Waals surface area contributed by atoms with Crippen LogP contribution in [0.15, 0.2) is 0 Å². The van der Waals surface area contributed by atoms with Crippen LogP contribution in [0.1, 0.15) is 13.8 Å². The van der Waals surface area contributed by atoms with Crippen LogP contribution in [0, 0.1) is 5.92 Å². The van der Waals surface area contributed by atoms with Crippen LogP contribution in [0.4, 0.5) is 0 Å². The van der Waals surface area contributed by atoms with Crippen molar-refractivity contribution in [2.45, 2.75) is 19.1 Å². The van der Waals surface area contributed by atoms with Gasteiger partial charge in [0.05, 0.1) is 0 Å². The van der Waals surface area contributed by atoms with Crippen LogP contribution in [0.5, 0.6) is 0 Å². The first kappa shape index (κ1) is 8.50. The monoisotopic (exact) mass is 177 g/mol. The number of rotatable bonds is 3. The Bertz CT molecular complexity index is 44.5. The molecule has 0 saturated heterocycles. The molecule has 0 heterocycles. The Morgan fingerprint density at radius 2 is 1.88 bits per heavy atom. The molecule has 0 radical (unpaired) electrons. The number of hydrogen-bond donors (Lipinski definition) is 0. The molecule has 0 aromatic heterocycles. The maximum atomic E-state index is 2.41. The van der Waals surface area contributed by atoms with E-state index in [2.05, 4.69) is 31.8 Å². The second-order valence-corrected chi connectivity index (χ2v) is 7.79. The van der Waals surface area contributed by atoms with Crippen molar-refractivity contribution < 1.29 is 0 Å². The Kier molecular flexibility index (Phi) is 4.66. The SMILES string of the molecule is CC(C)[CH2][GeH2][N](C)C. The van der Waals surface area contributed by atoms with Crippen LogP contribution >= 0.6 is 0 Å². The molecule has 0 fully saturated rings. The van der Waals surface area contributed by atoms with E-state index in [1.165, 1.54) is 5.25 Å². The Morgan fingerprint density at radius 3 is 2.00 bits per heavy atom. The maximum absolute atomic E-state index is 2.41. The van der Waals surface area contributed by atoms with Gasteiger partial charge < -0.3 is 0 Å². The molecule has 0 aliphatic rings. The van der Waals surface area contributed by atoms with Gasteiger partial charge in [-0.15, -0.1) is 0 Å². The fourth-order valence-corrected chi connectivity index (χ4v) is 2.68. The van der Waals surface area contributed by atoms with Crippen LogP contribution in [0.3, 0.4) is 0 Å². The van der Waals surface area contributed by atoms with E-state index in [9.17, 15) is 0 Å². The first-order valence-electron chi connectivity index (χ1n) is 3.27. The Labute approximate surface area is 59.1 Å². The Morgan fingerprint density at radius 1 is 1.38 bits per heavy atom. The molecule has 1 nitrogen and oxygen atoms in total. The third-order valence-corrected chi connectivity index (χ3v) is 5.99. The quantitative estimate of drug-likeness (QED) is 0.572. The minimum absolute atomic E-state index is 0.249. The summed E-state index contributed by atoms with van der Waals surface area (Å²) in [7, 11) is 4.39. The van der Waals surface area contributed by atoms with Crippen molar-refractivity contribution in [3.63, 3.8) is 0 Å². The van der Waals surface area contributed by atoms with Crippen molar-refractivity contribution in [1.82, 2.24) is 3.86 Å². The van der Waals surface area contributed by atoms with Gasteiger partial charge in [0.2, 0.25) is 0 Å². The average molecular weight is 176 g/mol. The Hall–Kier alpha value is 0.503. The number of nitrogens with zero attached hydrogens (tertiary/aromatic N) is 1.